The minimum atomic E-state index is -1.27. The van der Waals surface area contributed by atoms with Crippen molar-refractivity contribution in [3.05, 3.63) is 99.5 Å². The number of likely N-dealkylation sites (N-methyl/N-ethyl adjacent to an activating group) is 1. The molecule has 2 aliphatic heterocycles. The Morgan fingerprint density at radius 2 is 1.77 bits per heavy atom. The van der Waals surface area contributed by atoms with Crippen molar-refractivity contribution >= 4 is 34.9 Å². The first-order valence-electron chi connectivity index (χ1n) is 14.8. The smallest absolute Gasteiger partial charge is 0.346 e. The first-order valence-corrected chi connectivity index (χ1v) is 14.8. The van der Waals surface area contributed by atoms with Crippen LogP contribution >= 0.6 is 0 Å². The Balaban J connectivity index is 1.57. The molecule has 0 bridgehead atoms. The predicted molar refractivity (Wildman–Crippen MR) is 169 cm³/mol. The van der Waals surface area contributed by atoms with Crippen LogP contribution < -0.4 is 4.90 Å². The van der Waals surface area contributed by atoms with E-state index in [0.29, 0.717) is 16.7 Å². The number of aliphatic hydroxyl groups is 1. The highest BCUT2D eigenvalue weighted by Crippen LogP contribution is 2.49. The number of carboxylic acid groups (broad SMARTS) is 1. The number of Topliss-reactive ketones (excluding diaryl/α,β-unsaturated/α-hetero) is 1. The number of allylic oxidation sites excluding steroid dienone is 5. The topological polar surface area (TPSA) is 105 Å². The van der Waals surface area contributed by atoms with Crippen LogP contribution in [-0.2, 0) is 20.4 Å². The molecule has 7 heteroatoms. The second-order valence-corrected chi connectivity index (χ2v) is 12.3. The first kappa shape index (κ1) is 29.8. The lowest BCUT2D eigenvalue weighted by atomic mass is 9.77. The van der Waals surface area contributed by atoms with Gasteiger partial charge in [0.15, 0.2) is 5.71 Å². The first-order chi connectivity index (χ1) is 20.4. The summed E-state index contributed by atoms with van der Waals surface area (Å²) < 4.78 is 2.19. The van der Waals surface area contributed by atoms with Crippen LogP contribution in [0, 0.1) is 11.3 Å². The van der Waals surface area contributed by atoms with Gasteiger partial charge in [-0.2, -0.15) is 9.84 Å². The minimum absolute atomic E-state index is 0.00116. The van der Waals surface area contributed by atoms with Crippen molar-refractivity contribution in [2.24, 2.45) is 0 Å². The summed E-state index contributed by atoms with van der Waals surface area (Å²) >= 11 is 0. The molecule has 2 aromatic rings. The molecular weight excluding hydrogens is 538 g/mol. The third kappa shape index (κ3) is 4.71. The summed E-state index contributed by atoms with van der Waals surface area (Å²) in [6, 6.07) is 15.7. The molecule has 3 aliphatic rings. The molecule has 0 saturated heterocycles. The molecule has 2 heterocycles. The minimum Gasteiger partial charge on any atom is -0.506 e. The van der Waals surface area contributed by atoms with E-state index in [0.717, 1.165) is 54.3 Å². The fraction of sp³-hybridized carbons (Fsp3) is 0.333. The number of nitriles is 1. The molecule has 0 unspecified atom stereocenters. The molecular formula is C36H38N3O4+. The van der Waals surface area contributed by atoms with Crippen molar-refractivity contribution in [2.75, 3.05) is 18.0 Å². The molecule has 7 nitrogen and oxygen atoms in total. The highest BCUT2D eigenvalue weighted by atomic mass is 16.4. The van der Waals surface area contributed by atoms with E-state index in [1.165, 1.54) is 11.6 Å². The standard InChI is InChI=1S/C36H37N3O4/c1-7-9-16-39-29-15-14-22(17-23(21-37)34(42)43)18-27(29)36(5,6)31(39)20-25-32(40)24(33(25)41)19-30-35(3,4)26-12-10-11-13-28(26)38(30)8-2/h10-15,17-20H,7-9,16H2,1-6H3,(H-,40,41,42,43)/p+1/b23-17-. The summed E-state index contributed by atoms with van der Waals surface area (Å²) in [4.78, 5) is 27.3. The van der Waals surface area contributed by atoms with Gasteiger partial charge in [0.1, 0.15) is 23.9 Å². The van der Waals surface area contributed by atoms with E-state index in [9.17, 15) is 25.1 Å². The van der Waals surface area contributed by atoms with Gasteiger partial charge in [0, 0.05) is 47.5 Å². The maximum absolute atomic E-state index is 13.6. The van der Waals surface area contributed by atoms with Crippen molar-refractivity contribution in [2.45, 2.75) is 65.2 Å². The Hall–Kier alpha value is -4.70. The summed E-state index contributed by atoms with van der Waals surface area (Å²) in [7, 11) is 0. The van der Waals surface area contributed by atoms with E-state index in [2.05, 4.69) is 63.2 Å². The van der Waals surface area contributed by atoms with Crippen LogP contribution in [0.1, 0.15) is 71.1 Å². The largest absolute Gasteiger partial charge is 0.506 e. The van der Waals surface area contributed by atoms with Crippen molar-refractivity contribution < 1.29 is 24.4 Å². The van der Waals surface area contributed by atoms with Crippen LogP contribution in [0.25, 0.3) is 6.08 Å². The number of carbonyl (C=O) groups is 2. The van der Waals surface area contributed by atoms with Crippen LogP contribution in [0.5, 0.6) is 0 Å². The molecule has 5 rings (SSSR count). The molecule has 43 heavy (non-hydrogen) atoms. The molecule has 0 spiro atoms. The third-order valence-electron chi connectivity index (χ3n) is 8.99. The Bertz CT molecular complexity index is 1760. The van der Waals surface area contributed by atoms with E-state index in [4.69, 9.17) is 0 Å². The van der Waals surface area contributed by atoms with Crippen molar-refractivity contribution in [1.29, 1.82) is 5.26 Å². The van der Waals surface area contributed by atoms with Gasteiger partial charge in [-0.1, -0.05) is 45.4 Å². The number of hydrogen-bond acceptors (Lipinski definition) is 5. The number of hydrogen-bond donors (Lipinski definition) is 2. The lowest BCUT2D eigenvalue weighted by Crippen LogP contribution is -2.32. The summed E-state index contributed by atoms with van der Waals surface area (Å²) in [5.74, 6) is -1.46. The van der Waals surface area contributed by atoms with Gasteiger partial charge < -0.3 is 15.1 Å². The molecule has 0 aromatic heterocycles. The van der Waals surface area contributed by atoms with Crippen LogP contribution in [0.2, 0.25) is 0 Å². The Morgan fingerprint density at radius 3 is 2.40 bits per heavy atom. The average Bonchev–Trinajstić information content (AvgIpc) is 3.33. The zero-order chi connectivity index (χ0) is 31.3. The van der Waals surface area contributed by atoms with Gasteiger partial charge in [-0.05, 0) is 62.2 Å². The Kier molecular flexibility index (Phi) is 7.52. The molecule has 1 aliphatic carbocycles. The molecule has 2 aromatic carbocycles. The zero-order valence-corrected chi connectivity index (χ0v) is 25.7. The number of fused-ring (bicyclic) bond motifs is 2. The molecule has 0 saturated carbocycles. The SMILES string of the molecule is CCCC[N+]1=C(/C=C2/C(=O)C(/C=C3/N(CC)c4ccccc4C3(C)C)=C2O)C(C)(C)c2cc(/C=C(/C#N)C(=O)O)ccc21. The molecule has 0 radical (unpaired) electrons. The number of benzene rings is 2. The van der Waals surface area contributed by atoms with Crippen molar-refractivity contribution in [1.82, 2.24) is 0 Å². The van der Waals surface area contributed by atoms with Crippen LogP contribution in [0.4, 0.5) is 11.4 Å². The molecule has 0 atom stereocenters. The monoisotopic (exact) mass is 576 g/mol. The Morgan fingerprint density at radius 1 is 1.05 bits per heavy atom. The second kappa shape index (κ2) is 10.9. The number of ketones is 1. The van der Waals surface area contributed by atoms with E-state index >= 15 is 0 Å². The van der Waals surface area contributed by atoms with Crippen LogP contribution in [-0.4, -0.2) is 45.3 Å². The Labute approximate surface area is 253 Å². The summed E-state index contributed by atoms with van der Waals surface area (Å²) in [5, 5.41) is 29.9. The maximum Gasteiger partial charge on any atom is 0.346 e. The number of para-hydroxylation sites is 1. The number of aliphatic carboxylic acids is 1. The third-order valence-corrected chi connectivity index (χ3v) is 8.99. The van der Waals surface area contributed by atoms with Crippen LogP contribution in [0.3, 0.4) is 0 Å². The number of carbonyl (C=O) groups excluding carboxylic acids is 1. The van der Waals surface area contributed by atoms with E-state index in [-0.39, 0.29) is 22.5 Å². The van der Waals surface area contributed by atoms with E-state index < -0.39 is 11.4 Å². The van der Waals surface area contributed by atoms with Crippen molar-refractivity contribution in [3.63, 3.8) is 0 Å². The fourth-order valence-corrected chi connectivity index (χ4v) is 6.53. The second-order valence-electron chi connectivity index (χ2n) is 12.3. The number of aliphatic hydroxyl groups excluding tert-OH is 1. The number of unbranched alkanes of at least 4 members (excludes halogenated alkanes) is 1. The predicted octanol–water partition coefficient (Wildman–Crippen LogP) is 6.88. The van der Waals surface area contributed by atoms with Gasteiger partial charge >= 0.3 is 5.97 Å². The number of nitrogens with zero attached hydrogens (tertiary/aromatic N) is 3. The lowest BCUT2D eigenvalue weighted by Gasteiger charge is -2.28. The summed E-state index contributed by atoms with van der Waals surface area (Å²) in [6.07, 6.45) is 6.94. The van der Waals surface area contributed by atoms with Gasteiger partial charge in [-0.15, -0.1) is 0 Å². The average molecular weight is 577 g/mol. The quantitative estimate of drug-likeness (QED) is 0.202. The van der Waals surface area contributed by atoms with Gasteiger partial charge in [0.2, 0.25) is 11.5 Å². The summed E-state index contributed by atoms with van der Waals surface area (Å²) in [6.45, 7) is 14.1. The van der Waals surface area contributed by atoms with Crippen molar-refractivity contribution in [3.8, 4) is 6.07 Å². The highest BCUT2D eigenvalue weighted by Gasteiger charge is 2.47. The molecule has 0 fully saturated rings. The number of anilines is 1. The molecule has 2 N–H and O–H groups in total. The number of carboxylic acids is 1. The van der Waals surface area contributed by atoms with Gasteiger partial charge in [-0.3, -0.25) is 4.79 Å². The summed E-state index contributed by atoms with van der Waals surface area (Å²) in [5.41, 5.74) is 6.15. The van der Waals surface area contributed by atoms with Crippen LogP contribution in [0.15, 0.2) is 82.8 Å². The van der Waals surface area contributed by atoms with E-state index in [1.807, 2.05) is 36.4 Å². The molecule has 220 valence electrons. The highest BCUT2D eigenvalue weighted by molar-refractivity contribution is 6.24. The zero-order valence-electron chi connectivity index (χ0n) is 25.7. The molecule has 0 amide bonds. The normalized spacial score (nSPS) is 20.4. The van der Waals surface area contributed by atoms with E-state index in [1.54, 1.807) is 12.1 Å². The van der Waals surface area contributed by atoms with Gasteiger partial charge in [0.25, 0.3) is 0 Å². The fourth-order valence-electron chi connectivity index (χ4n) is 6.53. The van der Waals surface area contributed by atoms with Gasteiger partial charge in [0.05, 0.1) is 16.6 Å². The maximum atomic E-state index is 13.6. The lowest BCUT2D eigenvalue weighted by molar-refractivity contribution is -0.438. The van der Waals surface area contributed by atoms with Gasteiger partial charge in [-0.25, -0.2) is 4.79 Å². The number of rotatable bonds is 8.